The Kier molecular flexibility index (Phi) is 2.95. The van der Waals surface area contributed by atoms with Gasteiger partial charge in [0.1, 0.15) is 11.4 Å². The molecule has 1 aromatic carbocycles. The van der Waals surface area contributed by atoms with Gasteiger partial charge in [-0.3, -0.25) is 5.84 Å². The lowest BCUT2D eigenvalue weighted by molar-refractivity contribution is 0.302. The van der Waals surface area contributed by atoms with Crippen LogP contribution in [0.2, 0.25) is 0 Å². The van der Waals surface area contributed by atoms with Gasteiger partial charge in [-0.2, -0.15) is 15.4 Å². The van der Waals surface area contributed by atoms with Gasteiger partial charge in [0.15, 0.2) is 0 Å². The molecule has 1 atom stereocenters. The van der Waals surface area contributed by atoms with Crippen LogP contribution >= 0.6 is 0 Å². The second kappa shape index (κ2) is 4.75. The van der Waals surface area contributed by atoms with Crippen LogP contribution in [0.25, 0.3) is 0 Å². The van der Waals surface area contributed by atoms with E-state index in [9.17, 15) is 0 Å². The smallest absolute Gasteiger partial charge is 0.120 e. The molecule has 1 heterocycles. The second-order valence-electron chi connectivity index (χ2n) is 4.38. The summed E-state index contributed by atoms with van der Waals surface area (Å²) < 4.78 is 5.77. The Morgan fingerprint density at radius 1 is 1.44 bits per heavy atom. The number of aromatic nitrogens is 3. The van der Waals surface area contributed by atoms with E-state index in [2.05, 4.69) is 20.8 Å². The van der Waals surface area contributed by atoms with E-state index in [1.807, 2.05) is 24.3 Å². The molecular formula is C12H15N5O. The number of hydrogen-bond acceptors (Lipinski definition) is 5. The Morgan fingerprint density at radius 3 is 3.00 bits per heavy atom. The van der Waals surface area contributed by atoms with Crippen LogP contribution in [-0.2, 0) is 0 Å². The van der Waals surface area contributed by atoms with Gasteiger partial charge in [0.2, 0.25) is 0 Å². The number of nitrogens with two attached hydrogens (primary N) is 1. The Bertz CT molecular complexity index is 509. The van der Waals surface area contributed by atoms with Crippen molar-refractivity contribution < 1.29 is 4.74 Å². The summed E-state index contributed by atoms with van der Waals surface area (Å²) in [6.45, 7) is 0. The number of nitrogens with zero attached hydrogens (tertiary/aromatic N) is 2. The van der Waals surface area contributed by atoms with Crippen molar-refractivity contribution in [1.82, 2.24) is 20.8 Å². The number of benzene rings is 1. The Labute approximate surface area is 105 Å². The normalized spacial score (nSPS) is 16.5. The number of H-pyrrole nitrogens is 1. The van der Waals surface area contributed by atoms with Crippen LogP contribution in [0.1, 0.15) is 30.1 Å². The minimum Gasteiger partial charge on any atom is -0.490 e. The van der Waals surface area contributed by atoms with E-state index in [1.165, 1.54) is 0 Å². The third-order valence-corrected chi connectivity index (χ3v) is 2.91. The minimum atomic E-state index is -0.188. The third kappa shape index (κ3) is 2.34. The molecular weight excluding hydrogens is 230 g/mol. The van der Waals surface area contributed by atoms with Crippen molar-refractivity contribution in [1.29, 1.82) is 0 Å². The molecule has 18 heavy (non-hydrogen) atoms. The summed E-state index contributed by atoms with van der Waals surface area (Å²) in [6.07, 6.45) is 4.33. The van der Waals surface area contributed by atoms with Gasteiger partial charge in [-0.1, -0.05) is 12.1 Å². The summed E-state index contributed by atoms with van der Waals surface area (Å²) in [5.74, 6) is 6.46. The van der Waals surface area contributed by atoms with Crippen LogP contribution in [0.5, 0.6) is 5.75 Å². The van der Waals surface area contributed by atoms with Gasteiger partial charge in [0, 0.05) is 0 Å². The van der Waals surface area contributed by atoms with Gasteiger partial charge >= 0.3 is 0 Å². The predicted molar refractivity (Wildman–Crippen MR) is 65.6 cm³/mol. The molecule has 4 N–H and O–H groups in total. The van der Waals surface area contributed by atoms with Crippen molar-refractivity contribution in [3.63, 3.8) is 0 Å². The zero-order valence-corrected chi connectivity index (χ0v) is 9.84. The maximum absolute atomic E-state index is 5.77. The summed E-state index contributed by atoms with van der Waals surface area (Å²) >= 11 is 0. The van der Waals surface area contributed by atoms with Crippen LogP contribution in [0.3, 0.4) is 0 Å². The number of nitrogens with one attached hydrogen (secondary N) is 2. The molecule has 0 spiro atoms. The van der Waals surface area contributed by atoms with Gasteiger partial charge in [-0.25, -0.2) is 5.43 Å². The number of ether oxygens (including phenoxy) is 1. The molecule has 1 aliphatic rings. The summed E-state index contributed by atoms with van der Waals surface area (Å²) in [5.41, 5.74) is 4.49. The summed E-state index contributed by atoms with van der Waals surface area (Å²) in [7, 11) is 0. The molecule has 0 saturated heterocycles. The lowest BCUT2D eigenvalue weighted by Crippen LogP contribution is -2.29. The zero-order valence-electron chi connectivity index (χ0n) is 9.84. The van der Waals surface area contributed by atoms with E-state index in [1.54, 1.807) is 6.20 Å². The molecule has 1 fully saturated rings. The van der Waals surface area contributed by atoms with E-state index in [4.69, 9.17) is 10.6 Å². The lowest BCUT2D eigenvalue weighted by atomic mass is 10.0. The fourth-order valence-corrected chi connectivity index (χ4v) is 1.85. The second-order valence-corrected chi connectivity index (χ2v) is 4.38. The van der Waals surface area contributed by atoms with Crippen molar-refractivity contribution >= 4 is 0 Å². The Hall–Kier alpha value is -1.92. The minimum absolute atomic E-state index is 0.188. The number of hydrazine groups is 1. The van der Waals surface area contributed by atoms with E-state index >= 15 is 0 Å². The lowest BCUT2D eigenvalue weighted by Gasteiger charge is -2.14. The molecule has 0 amide bonds. The highest BCUT2D eigenvalue weighted by atomic mass is 16.5. The number of hydrogen-bond donors (Lipinski definition) is 3. The standard InChI is InChI=1S/C12H15N5O/c13-15-12(11-7-14-17-16-11)8-2-1-3-10(6-8)18-9-4-5-9/h1-3,6-7,9,12,15H,4-5,13H2,(H,14,16,17). The largest absolute Gasteiger partial charge is 0.490 e. The SMILES string of the molecule is NNC(c1cccc(OC2CC2)c1)c1cn[nH]n1. The molecule has 1 aromatic heterocycles. The quantitative estimate of drug-likeness (QED) is 0.538. The third-order valence-electron chi connectivity index (χ3n) is 2.91. The van der Waals surface area contributed by atoms with Crippen LogP contribution in [-0.4, -0.2) is 21.5 Å². The fourth-order valence-electron chi connectivity index (χ4n) is 1.85. The first-order valence-electron chi connectivity index (χ1n) is 5.95. The maximum atomic E-state index is 5.77. The zero-order chi connectivity index (χ0) is 12.4. The molecule has 0 bridgehead atoms. The van der Waals surface area contributed by atoms with Crippen molar-refractivity contribution in [2.24, 2.45) is 5.84 Å². The highest BCUT2D eigenvalue weighted by Gasteiger charge is 2.24. The topological polar surface area (TPSA) is 88.9 Å². The van der Waals surface area contributed by atoms with E-state index in [0.717, 1.165) is 29.8 Å². The van der Waals surface area contributed by atoms with Gasteiger partial charge in [0.05, 0.1) is 18.3 Å². The van der Waals surface area contributed by atoms with Crippen molar-refractivity contribution in [3.8, 4) is 5.75 Å². The molecule has 0 radical (unpaired) electrons. The van der Waals surface area contributed by atoms with Crippen LogP contribution in [0.4, 0.5) is 0 Å². The molecule has 2 aromatic rings. The van der Waals surface area contributed by atoms with Crippen molar-refractivity contribution in [2.45, 2.75) is 25.0 Å². The molecule has 94 valence electrons. The first kappa shape index (κ1) is 11.2. The van der Waals surface area contributed by atoms with E-state index in [-0.39, 0.29) is 6.04 Å². The average Bonchev–Trinajstić information content (AvgIpc) is 3.04. The van der Waals surface area contributed by atoms with E-state index < -0.39 is 0 Å². The number of aromatic amines is 1. The molecule has 6 nitrogen and oxygen atoms in total. The van der Waals surface area contributed by atoms with E-state index in [0.29, 0.717) is 6.10 Å². The maximum Gasteiger partial charge on any atom is 0.120 e. The molecule has 1 aliphatic carbocycles. The highest BCUT2D eigenvalue weighted by Crippen LogP contribution is 2.29. The molecule has 1 saturated carbocycles. The fraction of sp³-hybridized carbons (Fsp3) is 0.333. The monoisotopic (exact) mass is 245 g/mol. The molecule has 3 rings (SSSR count). The van der Waals surface area contributed by atoms with Gasteiger partial charge in [-0.15, -0.1) is 0 Å². The van der Waals surface area contributed by atoms with Crippen LogP contribution in [0.15, 0.2) is 30.5 Å². The molecule has 0 aliphatic heterocycles. The predicted octanol–water partition coefficient (Wildman–Crippen LogP) is 0.899. The van der Waals surface area contributed by atoms with Gasteiger partial charge < -0.3 is 4.74 Å². The van der Waals surface area contributed by atoms with Crippen LogP contribution < -0.4 is 16.0 Å². The average molecular weight is 245 g/mol. The summed E-state index contributed by atoms with van der Waals surface area (Å²) in [5, 5.41) is 10.4. The first-order valence-corrected chi connectivity index (χ1v) is 5.95. The van der Waals surface area contributed by atoms with Crippen LogP contribution in [0, 0.1) is 0 Å². The van der Waals surface area contributed by atoms with Crippen molar-refractivity contribution in [3.05, 3.63) is 41.7 Å². The van der Waals surface area contributed by atoms with Gasteiger partial charge in [-0.05, 0) is 30.5 Å². The molecule has 6 heteroatoms. The number of rotatable bonds is 5. The molecule has 1 unspecified atom stereocenters. The Balaban J connectivity index is 1.84. The first-order chi connectivity index (χ1) is 8.86. The summed E-state index contributed by atoms with van der Waals surface area (Å²) in [6, 6.07) is 7.69. The Morgan fingerprint density at radius 2 is 2.33 bits per heavy atom. The summed E-state index contributed by atoms with van der Waals surface area (Å²) in [4.78, 5) is 0. The van der Waals surface area contributed by atoms with Crippen molar-refractivity contribution in [2.75, 3.05) is 0 Å². The highest BCUT2D eigenvalue weighted by molar-refractivity contribution is 5.34. The van der Waals surface area contributed by atoms with Gasteiger partial charge in [0.25, 0.3) is 0 Å².